The number of rotatable bonds is 38. The van der Waals surface area contributed by atoms with E-state index in [1.54, 1.807) is 24.3 Å². The van der Waals surface area contributed by atoms with Gasteiger partial charge in [0.2, 0.25) is 22.8 Å². The van der Waals surface area contributed by atoms with Crippen molar-refractivity contribution in [2.45, 2.75) is 173 Å². The number of imidazole rings is 1. The van der Waals surface area contributed by atoms with Crippen LogP contribution in [0.4, 0.5) is 17.2 Å². The van der Waals surface area contributed by atoms with Crippen LogP contribution in [-0.2, 0) is 62.0 Å². The molecule has 14 rings (SSSR count). The predicted octanol–water partition coefficient (Wildman–Crippen LogP) is 14.5. The highest BCUT2D eigenvalue weighted by molar-refractivity contribution is 7.85. The Labute approximate surface area is 710 Å². The Morgan fingerprint density at radius 2 is 1.39 bits per heavy atom. The van der Waals surface area contributed by atoms with Crippen molar-refractivity contribution in [1.82, 2.24) is 40.9 Å². The van der Waals surface area contributed by atoms with E-state index in [4.69, 9.17) is 35.7 Å². The topological polar surface area (TPSA) is 382 Å². The number of hydrazone groups is 1. The Kier molecular flexibility index (Phi) is 27.4. The molecule has 6 heterocycles. The summed E-state index contributed by atoms with van der Waals surface area (Å²) in [4.78, 5) is 83.5. The fourth-order valence-electron chi connectivity index (χ4n) is 18.6. The molecule has 3 fully saturated rings. The molecule has 1 saturated heterocycles. The van der Waals surface area contributed by atoms with Crippen LogP contribution in [0, 0.1) is 23.7 Å². The van der Waals surface area contributed by atoms with E-state index in [0.717, 1.165) is 117 Å². The van der Waals surface area contributed by atoms with Crippen LogP contribution >= 0.6 is 26.8 Å². The molecule has 31 heteroatoms. The second-order valence-corrected chi connectivity index (χ2v) is 39.4. The molecule has 0 spiro atoms. The van der Waals surface area contributed by atoms with Crippen LogP contribution in [0.25, 0.3) is 38.4 Å². The van der Waals surface area contributed by atoms with Gasteiger partial charge in [-0.05, 0) is 175 Å². The number of halogens is 1. The predicted molar refractivity (Wildman–Crippen MR) is 471 cm³/mol. The molecule has 640 valence electrons. The lowest BCUT2D eigenvalue weighted by molar-refractivity contribution is -0.438. The van der Waals surface area contributed by atoms with Crippen molar-refractivity contribution in [3.05, 3.63) is 220 Å². The number of allylic oxidation sites excluding steroid dienone is 9. The minimum atomic E-state index is -4.91. The van der Waals surface area contributed by atoms with Crippen molar-refractivity contribution in [2.75, 3.05) is 54.7 Å². The zero-order valence-electron chi connectivity index (χ0n) is 68.7. The maximum absolute atomic E-state index is 13.8. The standard InChI is InChI=1S/C90H107ClN12O15P2S/c1-57-75-67-50-64(51-68(67)86(108)93-46-22-12-11-21-45-92-85(107)63-39-35-59(36-40-63)53-95-83-80-84(98-88(91)97-83)103(55-96-80)87-82(106)81(105)71(118-87)54-117-120(112,113)56-119(109,110)111)76(75)79(100-99-57)62-37-33-58(34-38-62)52-94-74(104)32-16-10-7-13-23-47-101-69-43-41-60-26-17-19-28-65(60)77(69)89(2,3)72(101)30-14-8-6-9-15-31-73-90(4,5)78-66-29-20-18-27-61(66)42-44-70(78)102(73)48-24-25-49-121(114,115)116/h6,8-9,14-15,17-20,26-31,33-44,55,64,67-68,71,75,81-82,87,100,105-106H,7,10-13,16,21-25,32,45-54,56H2,1-5H3,(H7-,92,93,94,95,97,98,104,107,108,109,110,111,112,113,114,115,116)/p+1/t64-,67+,68?,71-,75-,81-,82-,87-/m1/s1. The third kappa shape index (κ3) is 20.3. The Bertz CT molecular complexity index is 5670. The Morgan fingerprint density at radius 1 is 0.727 bits per heavy atom. The van der Waals surface area contributed by atoms with Gasteiger partial charge in [0.15, 0.2) is 34.8 Å². The smallest absolute Gasteiger partial charge is 0.340 e. The second kappa shape index (κ2) is 37.8. The van der Waals surface area contributed by atoms with Gasteiger partial charge in [0, 0.05) is 103 Å². The number of aliphatic hydroxyl groups is 2. The van der Waals surface area contributed by atoms with Crippen molar-refractivity contribution >= 4 is 122 Å². The molecule has 2 aromatic heterocycles. The zero-order chi connectivity index (χ0) is 85.5. The second-order valence-electron chi connectivity index (χ2n) is 33.5. The first-order valence-electron chi connectivity index (χ1n) is 41.8. The van der Waals surface area contributed by atoms with Gasteiger partial charge in [0.1, 0.15) is 24.9 Å². The number of amides is 3. The van der Waals surface area contributed by atoms with E-state index in [-0.39, 0.29) is 86.8 Å². The molecule has 6 aromatic carbocycles. The fraction of sp³-hybridized carbons (Fsp3) is 0.422. The molecule has 6 aliphatic rings. The Hall–Kier alpha value is -9.38. The number of ether oxygens (including phenoxy) is 1. The Balaban J connectivity index is 0.485. The average Bonchev–Trinajstić information content (AvgIpc) is 1.59. The molecule has 2 unspecified atom stereocenters. The lowest BCUT2D eigenvalue weighted by Crippen LogP contribution is -2.40. The van der Waals surface area contributed by atoms with E-state index in [9.17, 15) is 51.6 Å². The normalized spacial score (nSPS) is 21.9. The van der Waals surface area contributed by atoms with E-state index < -0.39 is 62.4 Å². The molecule has 2 bridgehead atoms. The first-order valence-corrected chi connectivity index (χ1v) is 47.3. The third-order valence-electron chi connectivity index (χ3n) is 24.4. The first kappa shape index (κ1) is 87.9. The number of aliphatic hydroxyl groups excluding tert-OH is 2. The summed E-state index contributed by atoms with van der Waals surface area (Å²) in [6.07, 6.45) is 21.7. The molecule has 27 nitrogen and oxygen atoms in total. The van der Waals surface area contributed by atoms with Crippen molar-refractivity contribution < 1.29 is 75.2 Å². The number of aromatic nitrogens is 4. The minimum absolute atomic E-state index is 0.0459. The average molecular weight is 1730 g/mol. The van der Waals surface area contributed by atoms with Crippen molar-refractivity contribution in [2.24, 2.45) is 28.8 Å². The van der Waals surface area contributed by atoms with Crippen LogP contribution in [0.1, 0.15) is 169 Å². The number of hydrogen-bond acceptors (Lipinski definition) is 18. The van der Waals surface area contributed by atoms with Crippen molar-refractivity contribution in [3.8, 4) is 0 Å². The number of nitrogens with zero attached hydrogens (tertiary/aromatic N) is 7. The summed E-state index contributed by atoms with van der Waals surface area (Å²) < 4.78 is 70.4. The summed E-state index contributed by atoms with van der Waals surface area (Å²) in [7, 11) is -13.7. The highest BCUT2D eigenvalue weighted by Gasteiger charge is 2.55. The number of carbonyl (C=O) groups excluding carboxylic acids is 3. The maximum Gasteiger partial charge on any atom is 0.340 e. The molecule has 9 atom stereocenters. The van der Waals surface area contributed by atoms with Crippen molar-refractivity contribution in [1.29, 1.82) is 0 Å². The van der Waals surface area contributed by atoms with E-state index in [1.807, 2.05) is 0 Å². The maximum atomic E-state index is 13.8. The molecule has 4 aliphatic heterocycles. The number of carbonyl (C=O) groups is 3. The minimum Gasteiger partial charge on any atom is -0.387 e. The van der Waals surface area contributed by atoms with Gasteiger partial charge in [-0.1, -0.05) is 161 Å². The monoisotopic (exact) mass is 1730 g/mol. The molecule has 121 heavy (non-hydrogen) atoms. The number of fused-ring (bicyclic) bond motifs is 12. The highest BCUT2D eigenvalue weighted by atomic mass is 35.5. The van der Waals surface area contributed by atoms with Crippen LogP contribution in [0.15, 0.2) is 187 Å². The van der Waals surface area contributed by atoms with Crippen LogP contribution in [0.2, 0.25) is 5.28 Å². The van der Waals surface area contributed by atoms with Gasteiger partial charge in [-0.2, -0.15) is 28.1 Å². The van der Waals surface area contributed by atoms with Crippen LogP contribution in [-0.4, -0.2) is 154 Å². The third-order valence-corrected chi connectivity index (χ3v) is 28.9. The summed E-state index contributed by atoms with van der Waals surface area (Å²) in [5.41, 5.74) is 17.2. The summed E-state index contributed by atoms with van der Waals surface area (Å²) in [5.74, 6) is -1.08. The summed E-state index contributed by atoms with van der Waals surface area (Å²) >= 11 is 6.31. The molecular formula is C90H108ClN12O15P2S+. The lowest BCUT2D eigenvalue weighted by atomic mass is 9.73. The van der Waals surface area contributed by atoms with Gasteiger partial charge in [0.05, 0.1) is 29.8 Å². The summed E-state index contributed by atoms with van der Waals surface area (Å²) in [6.45, 7) is 13.7. The van der Waals surface area contributed by atoms with Gasteiger partial charge in [0.25, 0.3) is 16.0 Å². The zero-order valence-corrected chi connectivity index (χ0v) is 72.1. The number of benzene rings is 6. The SMILES string of the molecule is CC1=NNC(c2ccc(CNC(=O)CCCCCCC[N+]3=C(C=CC=CC=CC=C4N(CCCCS(=O)(=O)O)c5ccc6ccccc6c5C4(C)C)C(C)(C)c4c3ccc3ccccc43)cc2)=C2[C@H]3CC(C(=O)NCCCCCCNC(=O)c4ccc(CNc5nc(Cl)nc6c5ncn6[C@@H]5O[C@H](COP(=O)(O)CP(=O)(O)O)[C@@H](O)[C@H]5O)cc4)[C@H](C3)[C@@H]12. The largest absolute Gasteiger partial charge is 0.387 e. The molecule has 0 radical (unpaired) electrons. The van der Waals surface area contributed by atoms with Crippen LogP contribution in [0.5, 0.6) is 0 Å². The molecule has 11 N–H and O–H groups in total. The first-order chi connectivity index (χ1) is 57.9. The van der Waals surface area contributed by atoms with Crippen LogP contribution < -0.4 is 31.6 Å². The molecular weight excluding hydrogens is 1620 g/mol. The van der Waals surface area contributed by atoms with E-state index in [0.29, 0.717) is 51.0 Å². The number of unbranched alkanes of at least 4 members (excludes halogenated alkanes) is 8. The fourth-order valence-corrected chi connectivity index (χ4v) is 21.9. The van der Waals surface area contributed by atoms with Gasteiger partial charge in [-0.25, -0.2) is 4.98 Å². The van der Waals surface area contributed by atoms with Crippen LogP contribution in [0.3, 0.4) is 0 Å². The molecule has 2 saturated carbocycles. The van der Waals surface area contributed by atoms with E-state index >= 15 is 0 Å². The van der Waals surface area contributed by atoms with Gasteiger partial charge in [-0.3, -0.25) is 38.1 Å². The molecule has 3 amide bonds. The van der Waals surface area contributed by atoms with E-state index in [1.165, 1.54) is 60.5 Å². The summed E-state index contributed by atoms with van der Waals surface area (Å²) in [6, 6.07) is 41.3. The van der Waals surface area contributed by atoms with Gasteiger partial charge in [-0.15, -0.1) is 0 Å². The van der Waals surface area contributed by atoms with Gasteiger partial charge < -0.3 is 60.3 Å². The lowest BCUT2D eigenvalue weighted by Gasteiger charge is -2.35. The molecule has 2 aliphatic carbocycles. The van der Waals surface area contributed by atoms with E-state index in [2.05, 4.69) is 225 Å². The molecule has 8 aromatic rings. The highest BCUT2D eigenvalue weighted by Crippen LogP contribution is 2.59. The number of anilines is 2. The van der Waals surface area contributed by atoms with Gasteiger partial charge >= 0.3 is 15.2 Å². The van der Waals surface area contributed by atoms with Crippen molar-refractivity contribution in [3.63, 3.8) is 0 Å². The summed E-state index contributed by atoms with van der Waals surface area (Å²) in [5, 5.41) is 43.6. The quantitative estimate of drug-likeness (QED) is 0.00427. The Morgan fingerprint density at radius 3 is 2.12 bits per heavy atom. The number of nitrogens with one attached hydrogen (secondary N) is 5. The number of hydrogen-bond donors (Lipinski definition) is 11.